The van der Waals surface area contributed by atoms with Crippen LogP contribution in [0, 0.1) is 17.8 Å². The topological polar surface area (TPSA) is 17.1 Å². The van der Waals surface area contributed by atoms with Gasteiger partial charge in [0, 0.05) is 12.3 Å². The Balaban J connectivity index is 2.36. The van der Waals surface area contributed by atoms with Crippen LogP contribution < -0.4 is 0 Å². The highest BCUT2D eigenvalue weighted by Gasteiger charge is 2.25. The zero-order chi connectivity index (χ0) is 10.6. The fourth-order valence-corrected chi connectivity index (χ4v) is 2.38. The van der Waals surface area contributed by atoms with E-state index in [9.17, 15) is 4.79 Å². The lowest BCUT2D eigenvalue weighted by atomic mass is 9.78. The van der Waals surface area contributed by atoms with E-state index in [0.29, 0.717) is 17.6 Å². The number of rotatable bonds is 4. The number of hydrogen-bond donors (Lipinski definition) is 0. The summed E-state index contributed by atoms with van der Waals surface area (Å²) in [6, 6.07) is 0. The van der Waals surface area contributed by atoms with E-state index in [-0.39, 0.29) is 0 Å². The van der Waals surface area contributed by atoms with Gasteiger partial charge < -0.3 is 0 Å². The summed E-state index contributed by atoms with van der Waals surface area (Å²) >= 11 is 0. The van der Waals surface area contributed by atoms with Gasteiger partial charge in [-0.2, -0.15) is 0 Å². The Morgan fingerprint density at radius 3 is 2.71 bits per heavy atom. The van der Waals surface area contributed by atoms with Crippen molar-refractivity contribution in [2.24, 2.45) is 17.8 Å². The van der Waals surface area contributed by atoms with Gasteiger partial charge in [0.25, 0.3) is 0 Å². The molecule has 3 atom stereocenters. The first-order chi connectivity index (χ1) is 6.63. The van der Waals surface area contributed by atoms with Gasteiger partial charge >= 0.3 is 0 Å². The molecule has 1 nitrogen and oxygen atoms in total. The molecule has 0 aliphatic heterocycles. The largest absolute Gasteiger partial charge is 0.299 e. The lowest BCUT2D eigenvalue weighted by molar-refractivity contribution is -0.125. The summed E-state index contributed by atoms with van der Waals surface area (Å²) in [4.78, 5) is 11.9. The summed E-state index contributed by atoms with van der Waals surface area (Å²) < 4.78 is 0. The fourth-order valence-electron chi connectivity index (χ4n) is 2.38. The summed E-state index contributed by atoms with van der Waals surface area (Å²) in [5.41, 5.74) is 0. The van der Waals surface area contributed by atoms with Crippen molar-refractivity contribution in [1.29, 1.82) is 0 Å². The Bertz CT molecular complexity index is 186. The molecule has 0 aromatic heterocycles. The van der Waals surface area contributed by atoms with Crippen LogP contribution >= 0.6 is 0 Å². The van der Waals surface area contributed by atoms with Crippen molar-refractivity contribution in [3.05, 3.63) is 0 Å². The molecule has 1 fully saturated rings. The van der Waals surface area contributed by atoms with Crippen molar-refractivity contribution in [2.45, 2.75) is 59.3 Å². The second kappa shape index (κ2) is 5.53. The Hall–Kier alpha value is -0.330. The van der Waals surface area contributed by atoms with E-state index in [1.54, 1.807) is 0 Å². The summed E-state index contributed by atoms with van der Waals surface area (Å²) in [7, 11) is 0. The van der Waals surface area contributed by atoms with Crippen molar-refractivity contribution in [1.82, 2.24) is 0 Å². The smallest absolute Gasteiger partial charge is 0.136 e. The molecule has 0 aromatic carbocycles. The third-order valence-electron chi connectivity index (χ3n) is 3.64. The fraction of sp³-hybridized carbons (Fsp3) is 0.923. The van der Waals surface area contributed by atoms with Gasteiger partial charge in [-0.25, -0.2) is 0 Å². The summed E-state index contributed by atoms with van der Waals surface area (Å²) in [6.45, 7) is 6.63. The maximum Gasteiger partial charge on any atom is 0.136 e. The summed E-state index contributed by atoms with van der Waals surface area (Å²) in [5.74, 6) is 2.29. The molecule has 1 rings (SSSR count). The molecule has 0 spiro atoms. The Morgan fingerprint density at radius 2 is 2.14 bits per heavy atom. The number of carbonyl (C=O) groups is 1. The molecule has 0 bridgehead atoms. The second-order valence-corrected chi connectivity index (χ2v) is 5.15. The molecule has 0 radical (unpaired) electrons. The van der Waals surface area contributed by atoms with E-state index >= 15 is 0 Å². The van der Waals surface area contributed by atoms with Crippen LogP contribution in [0.4, 0.5) is 0 Å². The van der Waals surface area contributed by atoms with Gasteiger partial charge in [-0.1, -0.05) is 40.0 Å². The highest BCUT2D eigenvalue weighted by Crippen LogP contribution is 2.30. The molecule has 3 unspecified atom stereocenters. The predicted octanol–water partition coefficient (Wildman–Crippen LogP) is 3.82. The maximum absolute atomic E-state index is 11.9. The molecule has 0 N–H and O–H groups in total. The maximum atomic E-state index is 11.9. The van der Waals surface area contributed by atoms with Gasteiger partial charge in [-0.3, -0.25) is 4.79 Å². The van der Waals surface area contributed by atoms with E-state index in [1.807, 2.05) is 0 Å². The van der Waals surface area contributed by atoms with Crippen LogP contribution in [0.5, 0.6) is 0 Å². The zero-order valence-electron chi connectivity index (χ0n) is 9.88. The minimum absolute atomic E-state index is 0.396. The highest BCUT2D eigenvalue weighted by atomic mass is 16.1. The normalized spacial score (nSPS) is 29.9. The number of carbonyl (C=O) groups excluding carboxylic acids is 1. The Labute approximate surface area is 88.3 Å². The molecule has 14 heavy (non-hydrogen) atoms. The predicted molar refractivity (Wildman–Crippen MR) is 60.2 cm³/mol. The van der Waals surface area contributed by atoms with Gasteiger partial charge in [-0.05, 0) is 24.7 Å². The van der Waals surface area contributed by atoms with Crippen LogP contribution in [0.15, 0.2) is 0 Å². The van der Waals surface area contributed by atoms with Crippen LogP contribution in [-0.2, 0) is 4.79 Å². The average molecular weight is 196 g/mol. The first-order valence-corrected chi connectivity index (χ1v) is 6.16. The van der Waals surface area contributed by atoms with Crippen LogP contribution in [0.3, 0.4) is 0 Å². The Kier molecular flexibility index (Phi) is 4.64. The molecule has 0 saturated heterocycles. The minimum Gasteiger partial charge on any atom is -0.299 e. The highest BCUT2D eigenvalue weighted by molar-refractivity contribution is 5.81. The van der Waals surface area contributed by atoms with Crippen molar-refractivity contribution in [3.63, 3.8) is 0 Å². The van der Waals surface area contributed by atoms with Crippen LogP contribution in [0.25, 0.3) is 0 Å². The third kappa shape index (κ3) is 3.43. The Morgan fingerprint density at radius 1 is 1.43 bits per heavy atom. The lowest BCUT2D eigenvalue weighted by Gasteiger charge is -2.26. The first kappa shape index (κ1) is 11.7. The summed E-state index contributed by atoms with van der Waals surface area (Å²) in [5, 5.41) is 0. The average Bonchev–Trinajstić information content (AvgIpc) is 2.17. The number of ketones is 1. The molecule has 0 amide bonds. The van der Waals surface area contributed by atoms with Gasteiger partial charge in [-0.15, -0.1) is 0 Å². The lowest BCUT2D eigenvalue weighted by Crippen LogP contribution is -2.23. The molecule has 1 aliphatic carbocycles. The molecule has 0 heterocycles. The molecule has 0 aromatic rings. The van der Waals surface area contributed by atoms with E-state index < -0.39 is 0 Å². The summed E-state index contributed by atoms with van der Waals surface area (Å²) in [6.07, 6.45) is 6.84. The van der Waals surface area contributed by atoms with E-state index in [4.69, 9.17) is 0 Å². The van der Waals surface area contributed by atoms with E-state index in [0.717, 1.165) is 31.6 Å². The monoisotopic (exact) mass is 196 g/mol. The zero-order valence-corrected chi connectivity index (χ0v) is 9.88. The van der Waals surface area contributed by atoms with Crippen LogP contribution in [0.2, 0.25) is 0 Å². The quantitative estimate of drug-likeness (QED) is 0.668. The van der Waals surface area contributed by atoms with Gasteiger partial charge in [0.05, 0.1) is 0 Å². The van der Waals surface area contributed by atoms with Crippen molar-refractivity contribution >= 4 is 5.78 Å². The van der Waals surface area contributed by atoms with Crippen molar-refractivity contribution in [2.75, 3.05) is 0 Å². The number of hydrogen-bond acceptors (Lipinski definition) is 1. The SMILES string of the molecule is CCC(C)CC(=O)C1CCCC(C)C1. The molecule has 1 heteroatoms. The van der Waals surface area contributed by atoms with Crippen LogP contribution in [-0.4, -0.2) is 5.78 Å². The molecular weight excluding hydrogens is 172 g/mol. The molecule has 1 saturated carbocycles. The van der Waals surface area contributed by atoms with E-state index in [2.05, 4.69) is 20.8 Å². The van der Waals surface area contributed by atoms with Crippen molar-refractivity contribution in [3.8, 4) is 0 Å². The molecule has 82 valence electrons. The standard InChI is InChI=1S/C13H24O/c1-4-10(2)9-13(14)12-7-5-6-11(3)8-12/h10-12H,4-9H2,1-3H3. The minimum atomic E-state index is 0.396. The van der Waals surface area contributed by atoms with Gasteiger partial charge in [0.2, 0.25) is 0 Å². The van der Waals surface area contributed by atoms with Crippen molar-refractivity contribution < 1.29 is 4.79 Å². The van der Waals surface area contributed by atoms with Gasteiger partial charge in [0.1, 0.15) is 5.78 Å². The third-order valence-corrected chi connectivity index (χ3v) is 3.64. The van der Waals surface area contributed by atoms with E-state index in [1.165, 1.54) is 12.8 Å². The molecular formula is C13H24O. The molecule has 1 aliphatic rings. The number of Topliss-reactive ketones (excluding diaryl/α,β-unsaturated/α-hetero) is 1. The van der Waals surface area contributed by atoms with Crippen LogP contribution in [0.1, 0.15) is 59.3 Å². The van der Waals surface area contributed by atoms with Gasteiger partial charge in [0.15, 0.2) is 0 Å². The second-order valence-electron chi connectivity index (χ2n) is 5.15. The first-order valence-electron chi connectivity index (χ1n) is 6.16.